The Morgan fingerprint density at radius 2 is 1.79 bits per heavy atom. The Hall–Kier alpha value is -2.74. The minimum absolute atomic E-state index is 0.0800. The van der Waals surface area contributed by atoms with E-state index in [-0.39, 0.29) is 22.1 Å². The topological polar surface area (TPSA) is 122 Å². The van der Waals surface area contributed by atoms with Gasteiger partial charge in [0, 0.05) is 17.4 Å². The molecular weight excluding hydrogens is 330 g/mol. The maximum absolute atomic E-state index is 11.9. The van der Waals surface area contributed by atoms with Gasteiger partial charge in [-0.1, -0.05) is 6.92 Å². The molecule has 2 amide bonds. The van der Waals surface area contributed by atoms with Gasteiger partial charge in [-0.25, -0.2) is 13.2 Å². The Labute approximate surface area is 140 Å². The van der Waals surface area contributed by atoms with E-state index < -0.39 is 15.9 Å². The summed E-state index contributed by atoms with van der Waals surface area (Å²) >= 11 is 0. The first-order chi connectivity index (χ1) is 11.3. The predicted molar refractivity (Wildman–Crippen MR) is 93.9 cm³/mol. The fourth-order valence-electron chi connectivity index (χ4n) is 2.07. The van der Waals surface area contributed by atoms with Crippen LogP contribution in [0.1, 0.15) is 13.3 Å². The van der Waals surface area contributed by atoms with Crippen LogP contribution in [0.4, 0.5) is 21.9 Å². The van der Waals surface area contributed by atoms with E-state index in [4.69, 9.17) is 5.73 Å². The van der Waals surface area contributed by atoms with Crippen molar-refractivity contribution in [3.8, 4) is 5.75 Å². The molecule has 2 aromatic rings. The molecule has 128 valence electrons. The van der Waals surface area contributed by atoms with E-state index in [0.29, 0.717) is 17.8 Å². The highest BCUT2D eigenvalue weighted by molar-refractivity contribution is 7.91. The first-order valence-electron chi connectivity index (χ1n) is 7.31. The molecule has 0 bridgehead atoms. The first kappa shape index (κ1) is 17.6. The lowest BCUT2D eigenvalue weighted by atomic mass is 10.2. The largest absolute Gasteiger partial charge is 0.506 e. The molecule has 0 saturated carbocycles. The highest BCUT2D eigenvalue weighted by Crippen LogP contribution is 2.25. The van der Waals surface area contributed by atoms with Crippen LogP contribution in [-0.4, -0.2) is 25.3 Å². The number of phenols is 1. The van der Waals surface area contributed by atoms with Crippen LogP contribution in [-0.2, 0) is 9.84 Å². The molecule has 0 spiro atoms. The number of carbonyl (C=O) groups excluding carboxylic acids is 1. The molecule has 0 atom stereocenters. The zero-order valence-corrected chi connectivity index (χ0v) is 13.9. The van der Waals surface area contributed by atoms with E-state index in [1.807, 2.05) is 0 Å². The summed E-state index contributed by atoms with van der Waals surface area (Å²) < 4.78 is 23.9. The molecule has 7 nitrogen and oxygen atoms in total. The highest BCUT2D eigenvalue weighted by atomic mass is 32.2. The summed E-state index contributed by atoms with van der Waals surface area (Å²) in [6.07, 6.45) is 0.538. The number of nitrogen functional groups attached to an aromatic ring is 1. The second kappa shape index (κ2) is 7.22. The van der Waals surface area contributed by atoms with Crippen molar-refractivity contribution in [3.63, 3.8) is 0 Å². The number of aromatic hydroxyl groups is 1. The van der Waals surface area contributed by atoms with Gasteiger partial charge in [-0.3, -0.25) is 0 Å². The Balaban J connectivity index is 2.04. The number of phenolic OH excluding ortho intramolecular Hbond substituents is 1. The molecule has 24 heavy (non-hydrogen) atoms. The van der Waals surface area contributed by atoms with Crippen molar-refractivity contribution in [2.75, 3.05) is 22.1 Å². The molecule has 0 aromatic heterocycles. The number of hydrogen-bond donors (Lipinski definition) is 4. The van der Waals surface area contributed by atoms with Gasteiger partial charge in [-0.15, -0.1) is 0 Å². The average molecular weight is 349 g/mol. The molecule has 0 fully saturated rings. The van der Waals surface area contributed by atoms with Crippen LogP contribution < -0.4 is 16.4 Å². The summed E-state index contributed by atoms with van der Waals surface area (Å²) in [4.78, 5) is 12.1. The summed E-state index contributed by atoms with van der Waals surface area (Å²) in [5.41, 5.74) is 6.53. The fourth-order valence-corrected chi connectivity index (χ4v) is 3.40. The number of amides is 2. The molecule has 0 unspecified atom stereocenters. The standard InChI is InChI=1S/C16H19N3O4S/c1-2-9-24(22,23)13-6-4-12(5-7-13)18-16(21)19-14-8-3-11(17)10-15(14)20/h3-8,10,20H,2,9,17H2,1H3,(H2,18,19,21). The molecule has 0 aliphatic rings. The van der Waals surface area contributed by atoms with Crippen molar-refractivity contribution in [2.24, 2.45) is 0 Å². The number of carbonyl (C=O) groups is 1. The molecule has 0 aliphatic heterocycles. The van der Waals surface area contributed by atoms with Crippen molar-refractivity contribution in [1.82, 2.24) is 0 Å². The molecule has 0 heterocycles. The van der Waals surface area contributed by atoms with E-state index in [1.54, 1.807) is 13.0 Å². The van der Waals surface area contributed by atoms with Crippen molar-refractivity contribution in [1.29, 1.82) is 0 Å². The van der Waals surface area contributed by atoms with E-state index >= 15 is 0 Å². The van der Waals surface area contributed by atoms with Gasteiger partial charge >= 0.3 is 6.03 Å². The smallest absolute Gasteiger partial charge is 0.323 e. The number of nitrogens with two attached hydrogens (primary N) is 1. The maximum Gasteiger partial charge on any atom is 0.323 e. The molecule has 2 rings (SSSR count). The zero-order valence-electron chi connectivity index (χ0n) is 13.1. The third kappa shape index (κ3) is 4.39. The number of urea groups is 1. The van der Waals surface area contributed by atoms with Crippen LogP contribution in [0.25, 0.3) is 0 Å². The summed E-state index contributed by atoms with van der Waals surface area (Å²) in [6.45, 7) is 1.80. The molecule has 8 heteroatoms. The second-order valence-electron chi connectivity index (χ2n) is 5.20. The number of benzene rings is 2. The highest BCUT2D eigenvalue weighted by Gasteiger charge is 2.13. The van der Waals surface area contributed by atoms with Gasteiger partial charge in [0.05, 0.1) is 16.3 Å². The van der Waals surface area contributed by atoms with Crippen LogP contribution in [0.2, 0.25) is 0 Å². The van der Waals surface area contributed by atoms with E-state index in [9.17, 15) is 18.3 Å². The fraction of sp³-hybridized carbons (Fsp3) is 0.188. The Morgan fingerprint density at radius 3 is 2.38 bits per heavy atom. The normalized spacial score (nSPS) is 11.0. The van der Waals surface area contributed by atoms with Crippen LogP contribution in [0.3, 0.4) is 0 Å². The SMILES string of the molecule is CCCS(=O)(=O)c1ccc(NC(=O)Nc2ccc(N)cc2O)cc1. The van der Waals surface area contributed by atoms with Crippen molar-refractivity contribution >= 4 is 32.9 Å². The Kier molecular flexibility index (Phi) is 5.30. The Morgan fingerprint density at radius 1 is 1.12 bits per heavy atom. The van der Waals surface area contributed by atoms with Crippen LogP contribution in [0.5, 0.6) is 5.75 Å². The third-order valence-corrected chi connectivity index (χ3v) is 5.15. The third-order valence-electron chi connectivity index (χ3n) is 3.21. The van der Waals surface area contributed by atoms with Crippen molar-refractivity contribution < 1.29 is 18.3 Å². The summed E-state index contributed by atoms with van der Waals surface area (Å²) in [5, 5.41) is 14.7. The Bertz CT molecular complexity index is 833. The molecule has 5 N–H and O–H groups in total. The lowest BCUT2D eigenvalue weighted by molar-refractivity contribution is 0.262. The van der Waals surface area contributed by atoms with Gasteiger partial charge in [-0.2, -0.15) is 0 Å². The lowest BCUT2D eigenvalue weighted by Crippen LogP contribution is -2.19. The number of anilines is 3. The van der Waals surface area contributed by atoms with Crippen molar-refractivity contribution in [3.05, 3.63) is 42.5 Å². The van der Waals surface area contributed by atoms with Gasteiger partial charge < -0.3 is 21.5 Å². The minimum atomic E-state index is -3.29. The van der Waals surface area contributed by atoms with Gasteiger partial charge in [0.15, 0.2) is 9.84 Å². The van der Waals surface area contributed by atoms with E-state index in [2.05, 4.69) is 10.6 Å². The molecule has 2 aromatic carbocycles. The van der Waals surface area contributed by atoms with Gasteiger partial charge in [0.1, 0.15) is 5.75 Å². The summed E-state index contributed by atoms with van der Waals surface area (Å²) in [5.74, 6) is -0.0670. The molecule has 0 saturated heterocycles. The quantitative estimate of drug-likeness (QED) is 0.488. The molecule has 0 aliphatic carbocycles. The van der Waals surface area contributed by atoms with Gasteiger partial charge in [0.2, 0.25) is 0 Å². The lowest BCUT2D eigenvalue weighted by Gasteiger charge is -2.10. The van der Waals surface area contributed by atoms with E-state index in [1.165, 1.54) is 36.4 Å². The zero-order chi connectivity index (χ0) is 17.7. The average Bonchev–Trinajstić information content (AvgIpc) is 2.50. The molecular formula is C16H19N3O4S. The monoisotopic (exact) mass is 349 g/mol. The van der Waals surface area contributed by atoms with E-state index in [0.717, 1.165) is 0 Å². The maximum atomic E-state index is 11.9. The number of rotatable bonds is 5. The summed E-state index contributed by atoms with van der Waals surface area (Å²) in [7, 11) is -3.29. The number of sulfone groups is 1. The predicted octanol–water partition coefficient (Wildman–Crippen LogP) is 2.80. The van der Waals surface area contributed by atoms with Crippen LogP contribution >= 0.6 is 0 Å². The van der Waals surface area contributed by atoms with Crippen molar-refractivity contribution in [2.45, 2.75) is 18.2 Å². The minimum Gasteiger partial charge on any atom is -0.506 e. The number of nitrogens with one attached hydrogen (secondary N) is 2. The van der Waals surface area contributed by atoms with Gasteiger partial charge in [0.25, 0.3) is 0 Å². The molecule has 0 radical (unpaired) electrons. The van der Waals surface area contributed by atoms with Crippen LogP contribution in [0, 0.1) is 0 Å². The first-order valence-corrected chi connectivity index (χ1v) is 8.96. The van der Waals surface area contributed by atoms with Gasteiger partial charge in [-0.05, 0) is 42.8 Å². The second-order valence-corrected chi connectivity index (χ2v) is 7.31. The van der Waals surface area contributed by atoms with Crippen LogP contribution in [0.15, 0.2) is 47.4 Å². The summed E-state index contributed by atoms with van der Waals surface area (Å²) in [6, 6.07) is 9.67. The number of hydrogen-bond acceptors (Lipinski definition) is 5.